The molecule has 1 aliphatic rings. The van der Waals surface area contributed by atoms with E-state index in [1.807, 2.05) is 0 Å². The van der Waals surface area contributed by atoms with E-state index in [9.17, 15) is 18.0 Å². The first-order valence-corrected chi connectivity index (χ1v) is 6.11. The predicted molar refractivity (Wildman–Crippen MR) is 64.3 cm³/mol. The Kier molecular flexibility index (Phi) is 4.09. The van der Waals surface area contributed by atoms with Gasteiger partial charge in [0.15, 0.2) is 0 Å². The van der Waals surface area contributed by atoms with Gasteiger partial charge in [0, 0.05) is 25.6 Å². The van der Waals surface area contributed by atoms with Crippen LogP contribution in [-0.2, 0) is 17.5 Å². The quantitative estimate of drug-likeness (QED) is 0.881. The molecule has 1 amide bonds. The van der Waals surface area contributed by atoms with Crippen LogP contribution in [0.15, 0.2) is 24.3 Å². The molecule has 2 N–H and O–H groups in total. The van der Waals surface area contributed by atoms with E-state index < -0.39 is 11.7 Å². The summed E-state index contributed by atoms with van der Waals surface area (Å²) in [6.45, 7) is 0.929. The average molecular weight is 272 g/mol. The topological polar surface area (TPSA) is 41.1 Å². The van der Waals surface area contributed by atoms with Crippen LogP contribution >= 0.6 is 0 Å². The maximum Gasteiger partial charge on any atom is 0.416 e. The summed E-state index contributed by atoms with van der Waals surface area (Å²) in [6, 6.07) is 5.33. The molecule has 0 aromatic heterocycles. The predicted octanol–water partition coefficient (Wildman–Crippen LogP) is 2.07. The molecular weight excluding hydrogens is 257 g/mol. The molecule has 19 heavy (non-hydrogen) atoms. The van der Waals surface area contributed by atoms with E-state index in [0.717, 1.165) is 18.6 Å². The molecule has 1 saturated heterocycles. The minimum atomic E-state index is -4.31. The molecule has 0 bridgehead atoms. The van der Waals surface area contributed by atoms with Gasteiger partial charge in [-0.05, 0) is 18.1 Å². The zero-order valence-electron chi connectivity index (χ0n) is 10.3. The van der Waals surface area contributed by atoms with Crippen LogP contribution < -0.4 is 10.6 Å². The van der Waals surface area contributed by atoms with Crippen molar-refractivity contribution < 1.29 is 18.0 Å². The zero-order chi connectivity index (χ0) is 13.9. The molecule has 0 aliphatic carbocycles. The van der Waals surface area contributed by atoms with E-state index in [-0.39, 0.29) is 11.9 Å². The van der Waals surface area contributed by atoms with Gasteiger partial charge < -0.3 is 10.6 Å². The molecule has 1 aromatic carbocycles. The van der Waals surface area contributed by atoms with Crippen molar-refractivity contribution in [1.29, 1.82) is 0 Å². The molecule has 0 spiro atoms. The Morgan fingerprint density at radius 3 is 2.79 bits per heavy atom. The summed E-state index contributed by atoms with van der Waals surface area (Å²) in [5, 5.41) is 5.86. The molecule has 2 rings (SSSR count). The molecule has 1 atom stereocenters. The van der Waals surface area contributed by atoms with Crippen LogP contribution in [0.5, 0.6) is 0 Å². The van der Waals surface area contributed by atoms with E-state index in [2.05, 4.69) is 10.6 Å². The van der Waals surface area contributed by atoms with Crippen molar-refractivity contribution >= 4 is 5.91 Å². The Morgan fingerprint density at radius 1 is 1.37 bits per heavy atom. The smallest absolute Gasteiger partial charge is 0.352 e. The fraction of sp³-hybridized carbons (Fsp3) is 0.462. The summed E-state index contributed by atoms with van der Waals surface area (Å²) in [6.07, 6.45) is -3.01. The van der Waals surface area contributed by atoms with Crippen LogP contribution in [0.3, 0.4) is 0 Å². The number of alkyl halides is 3. The number of amides is 1. The first-order valence-electron chi connectivity index (χ1n) is 6.11. The monoisotopic (exact) mass is 272 g/mol. The van der Waals surface area contributed by atoms with E-state index in [1.54, 1.807) is 6.07 Å². The Bertz CT molecular complexity index is 459. The van der Waals surface area contributed by atoms with E-state index in [1.165, 1.54) is 6.07 Å². The van der Waals surface area contributed by atoms with Crippen molar-refractivity contribution in [1.82, 2.24) is 10.6 Å². The average Bonchev–Trinajstić information content (AvgIpc) is 2.74. The molecule has 1 aliphatic heterocycles. The summed E-state index contributed by atoms with van der Waals surface area (Å²) in [4.78, 5) is 11.0. The second-order valence-electron chi connectivity index (χ2n) is 4.63. The van der Waals surface area contributed by atoms with Gasteiger partial charge in [-0.25, -0.2) is 0 Å². The van der Waals surface area contributed by atoms with Crippen molar-refractivity contribution in [3.8, 4) is 0 Å². The van der Waals surface area contributed by atoms with Crippen molar-refractivity contribution in [3.05, 3.63) is 35.4 Å². The lowest BCUT2D eigenvalue weighted by Gasteiger charge is -2.12. The van der Waals surface area contributed by atoms with Gasteiger partial charge in [-0.15, -0.1) is 0 Å². The van der Waals surface area contributed by atoms with Gasteiger partial charge in [0.2, 0.25) is 5.91 Å². The highest BCUT2D eigenvalue weighted by atomic mass is 19.4. The number of hydrogen-bond acceptors (Lipinski definition) is 2. The lowest BCUT2D eigenvalue weighted by Crippen LogP contribution is -2.35. The highest BCUT2D eigenvalue weighted by Crippen LogP contribution is 2.29. The van der Waals surface area contributed by atoms with E-state index >= 15 is 0 Å². The minimum absolute atomic E-state index is 0.0332. The molecule has 6 heteroatoms. The third kappa shape index (κ3) is 3.96. The summed E-state index contributed by atoms with van der Waals surface area (Å²) in [7, 11) is 0. The fourth-order valence-corrected chi connectivity index (χ4v) is 2.08. The number of nitrogens with one attached hydrogen (secondary N) is 2. The van der Waals surface area contributed by atoms with Crippen molar-refractivity contribution in [2.45, 2.75) is 31.6 Å². The largest absolute Gasteiger partial charge is 0.416 e. The van der Waals surface area contributed by atoms with Crippen molar-refractivity contribution in [2.75, 3.05) is 6.54 Å². The van der Waals surface area contributed by atoms with Crippen LogP contribution in [-0.4, -0.2) is 18.5 Å². The number of carbonyl (C=O) groups is 1. The second kappa shape index (κ2) is 5.61. The lowest BCUT2D eigenvalue weighted by atomic mass is 10.1. The lowest BCUT2D eigenvalue weighted by molar-refractivity contribution is -0.137. The van der Waals surface area contributed by atoms with Crippen LogP contribution in [0, 0.1) is 0 Å². The molecule has 0 saturated carbocycles. The van der Waals surface area contributed by atoms with Crippen molar-refractivity contribution in [2.24, 2.45) is 0 Å². The van der Waals surface area contributed by atoms with E-state index in [4.69, 9.17) is 0 Å². The molecule has 3 nitrogen and oxygen atoms in total. The molecule has 1 heterocycles. The molecule has 104 valence electrons. The molecular formula is C13H15F3N2O. The van der Waals surface area contributed by atoms with Crippen LogP contribution in [0.25, 0.3) is 0 Å². The van der Waals surface area contributed by atoms with Gasteiger partial charge in [-0.3, -0.25) is 4.79 Å². The maximum absolute atomic E-state index is 12.5. The van der Waals surface area contributed by atoms with Crippen molar-refractivity contribution in [3.63, 3.8) is 0 Å². The van der Waals surface area contributed by atoms with Gasteiger partial charge in [0.05, 0.1) is 5.56 Å². The number of carbonyl (C=O) groups excluding carboxylic acids is 1. The van der Waals surface area contributed by atoms with E-state index in [0.29, 0.717) is 25.1 Å². The SMILES string of the molecule is O=C1CCC(CNCc2cccc(C(F)(F)F)c2)N1. The van der Waals surface area contributed by atoms with Crippen LogP contribution in [0.2, 0.25) is 0 Å². The Hall–Kier alpha value is -1.56. The molecule has 1 fully saturated rings. The number of benzene rings is 1. The Morgan fingerprint density at radius 2 is 2.16 bits per heavy atom. The summed E-state index contributed by atoms with van der Waals surface area (Å²) < 4.78 is 37.5. The summed E-state index contributed by atoms with van der Waals surface area (Å²) in [5.41, 5.74) is -0.0554. The summed E-state index contributed by atoms with van der Waals surface area (Å²) in [5.74, 6) is 0.0332. The minimum Gasteiger partial charge on any atom is -0.352 e. The fourth-order valence-electron chi connectivity index (χ4n) is 2.08. The van der Waals surface area contributed by atoms with Gasteiger partial charge >= 0.3 is 6.18 Å². The second-order valence-corrected chi connectivity index (χ2v) is 4.63. The van der Waals surface area contributed by atoms with Gasteiger partial charge in [0.1, 0.15) is 0 Å². The molecule has 0 radical (unpaired) electrons. The zero-order valence-corrected chi connectivity index (χ0v) is 10.3. The molecule has 1 unspecified atom stereocenters. The third-order valence-electron chi connectivity index (χ3n) is 3.06. The highest BCUT2D eigenvalue weighted by Gasteiger charge is 2.30. The third-order valence-corrected chi connectivity index (χ3v) is 3.06. The molecule has 1 aromatic rings. The number of halogens is 3. The van der Waals surface area contributed by atoms with Gasteiger partial charge in [-0.1, -0.05) is 18.2 Å². The van der Waals surface area contributed by atoms with Crippen LogP contribution in [0.1, 0.15) is 24.0 Å². The number of rotatable bonds is 4. The normalized spacial score (nSPS) is 19.5. The highest BCUT2D eigenvalue weighted by molar-refractivity contribution is 5.78. The first-order chi connectivity index (χ1) is 8.95. The maximum atomic E-state index is 12.5. The Balaban J connectivity index is 1.84. The number of hydrogen-bond donors (Lipinski definition) is 2. The van der Waals surface area contributed by atoms with Gasteiger partial charge in [-0.2, -0.15) is 13.2 Å². The van der Waals surface area contributed by atoms with Crippen LogP contribution in [0.4, 0.5) is 13.2 Å². The Labute approximate surface area is 109 Å². The standard InChI is InChI=1S/C13H15F3N2O/c14-13(15,16)10-3-1-2-9(6-10)7-17-8-11-4-5-12(19)18-11/h1-3,6,11,17H,4-5,7-8H2,(H,18,19). The first kappa shape index (κ1) is 13.9. The van der Waals surface area contributed by atoms with Gasteiger partial charge in [0.25, 0.3) is 0 Å². The summed E-state index contributed by atoms with van der Waals surface area (Å²) >= 11 is 0.